The quantitative estimate of drug-likeness (QED) is 0.328. The van der Waals surface area contributed by atoms with Crippen LogP contribution in [0.1, 0.15) is 5.56 Å². The average molecular weight is 408 g/mol. The van der Waals surface area contributed by atoms with E-state index in [2.05, 4.69) is 9.97 Å². The van der Waals surface area contributed by atoms with Crippen LogP contribution in [0.3, 0.4) is 0 Å². The second-order valence-electron chi connectivity index (χ2n) is 5.65. The van der Waals surface area contributed by atoms with Gasteiger partial charge in [0.25, 0.3) is 5.91 Å². The molecule has 2 aromatic rings. The van der Waals surface area contributed by atoms with Crippen molar-refractivity contribution >= 4 is 30.1 Å². The summed E-state index contributed by atoms with van der Waals surface area (Å²) in [6.45, 7) is 0. The van der Waals surface area contributed by atoms with Crippen LogP contribution in [0.4, 0.5) is 4.39 Å². The molecule has 0 aliphatic heterocycles. The van der Waals surface area contributed by atoms with Gasteiger partial charge in [0.1, 0.15) is 5.75 Å². The van der Waals surface area contributed by atoms with E-state index < -0.39 is 11.7 Å². The number of hydrogen-bond donors (Lipinski definition) is 2. The minimum Gasteiger partial charge on any atom is -0.504 e. The molecule has 0 saturated heterocycles. The number of ether oxygens (including phenoxy) is 2. The zero-order chi connectivity index (χ0) is 21.1. The number of amides is 2. The van der Waals surface area contributed by atoms with Crippen LogP contribution >= 0.6 is 12.2 Å². The first kappa shape index (κ1) is 22.9. The molecule has 0 spiro atoms. The van der Waals surface area contributed by atoms with Crippen molar-refractivity contribution in [2.24, 2.45) is 0 Å². The van der Waals surface area contributed by atoms with Crippen LogP contribution in [-0.4, -0.2) is 55.4 Å². The number of para-hydroxylation sites is 1. The zero-order valence-corrected chi connectivity index (χ0v) is 16.7. The highest BCUT2D eigenvalue weighted by atomic mass is 32.1. The number of carbonyl (C=O) groups is 2. The molecule has 1 aromatic carbocycles. The average Bonchev–Trinajstić information content (AvgIpc) is 2.64. The molecule has 2 amide bonds. The molecule has 0 radical (unpaired) electrons. The highest BCUT2D eigenvalue weighted by Gasteiger charge is 2.18. The summed E-state index contributed by atoms with van der Waals surface area (Å²) in [6, 6.07) is 6.35. The summed E-state index contributed by atoms with van der Waals surface area (Å²) in [7, 11) is 7.34. The number of imide groups is 1. The Morgan fingerprint density at radius 2 is 1.96 bits per heavy atom. The van der Waals surface area contributed by atoms with Gasteiger partial charge in [-0.25, -0.2) is 4.98 Å². The number of aromatic nitrogens is 2. The Kier molecular flexibility index (Phi) is 9.48. The molecule has 28 heavy (non-hydrogen) atoms. The largest absolute Gasteiger partial charge is 0.504 e. The van der Waals surface area contributed by atoms with Crippen molar-refractivity contribution in [3.63, 3.8) is 0 Å². The second kappa shape index (κ2) is 11.6. The lowest BCUT2D eigenvalue weighted by molar-refractivity contribution is -0.121. The summed E-state index contributed by atoms with van der Waals surface area (Å²) in [5.41, 5.74) is 0.308. The number of H-pyrrole nitrogens is 1. The van der Waals surface area contributed by atoms with Gasteiger partial charge >= 0.3 is 0 Å². The lowest BCUT2D eigenvalue weighted by Crippen LogP contribution is -2.22. The Balaban J connectivity index is 0.000000892. The first-order valence-electron chi connectivity index (χ1n) is 7.90. The minimum absolute atomic E-state index is 0.0215. The molecule has 1 heterocycles. The van der Waals surface area contributed by atoms with Gasteiger partial charge in [0.05, 0.1) is 25.3 Å². The number of nitrogens with zero attached hydrogens (tertiary/aromatic N) is 2. The summed E-state index contributed by atoms with van der Waals surface area (Å²) in [4.78, 5) is 30.6. The molecule has 0 aliphatic carbocycles. The van der Waals surface area contributed by atoms with E-state index in [0.29, 0.717) is 0 Å². The molecule has 150 valence electrons. The number of benzene rings is 1. The molecule has 2 rings (SSSR count). The van der Waals surface area contributed by atoms with Crippen LogP contribution in [-0.2, 0) is 14.3 Å². The highest BCUT2D eigenvalue weighted by molar-refractivity contribution is 7.71. The topological polar surface area (TPSA) is 96.5 Å². The normalized spacial score (nSPS) is 10.6. The van der Waals surface area contributed by atoms with Crippen LogP contribution in [0.15, 0.2) is 36.9 Å². The monoisotopic (exact) mass is 408 g/mol. The van der Waals surface area contributed by atoms with Gasteiger partial charge in [0, 0.05) is 5.56 Å². The molecule has 0 fully saturated rings. The van der Waals surface area contributed by atoms with Crippen LogP contribution in [0.2, 0.25) is 0 Å². The summed E-state index contributed by atoms with van der Waals surface area (Å²) in [5.74, 6) is -1.64. The lowest BCUT2D eigenvalue weighted by Gasteiger charge is -2.12. The van der Waals surface area contributed by atoms with Crippen molar-refractivity contribution in [1.29, 1.82) is 0 Å². The third kappa shape index (κ3) is 6.89. The Labute approximate surface area is 167 Å². The van der Waals surface area contributed by atoms with Crippen LogP contribution in [0.25, 0.3) is 5.57 Å². The van der Waals surface area contributed by atoms with E-state index >= 15 is 0 Å². The second-order valence-corrected chi connectivity index (χ2v) is 6.04. The van der Waals surface area contributed by atoms with Gasteiger partial charge in [-0.15, -0.1) is 0 Å². The van der Waals surface area contributed by atoms with Gasteiger partial charge in [-0.2, -0.15) is 4.39 Å². The Morgan fingerprint density at radius 3 is 2.57 bits per heavy atom. The molecule has 0 unspecified atom stereocenters. The summed E-state index contributed by atoms with van der Waals surface area (Å²) in [6.07, 6.45) is 2.58. The number of aromatic amines is 1. The van der Waals surface area contributed by atoms with E-state index in [1.165, 1.54) is 19.5 Å². The Bertz CT molecular complexity index is 896. The predicted octanol–water partition coefficient (Wildman–Crippen LogP) is 2.51. The number of hydrogen-bond acceptors (Lipinski definition) is 7. The maximum absolute atomic E-state index is 14.0. The molecule has 10 heteroatoms. The first-order valence-corrected chi connectivity index (χ1v) is 8.31. The Hall–Kier alpha value is -3.11. The maximum atomic E-state index is 14.0. The van der Waals surface area contributed by atoms with Gasteiger partial charge in [-0.1, -0.05) is 30.4 Å². The molecular formula is C18H21FN4O4S. The molecule has 0 bridgehead atoms. The van der Waals surface area contributed by atoms with Gasteiger partial charge < -0.3 is 19.4 Å². The van der Waals surface area contributed by atoms with Crippen LogP contribution < -0.4 is 10.1 Å². The fourth-order valence-electron chi connectivity index (χ4n) is 1.82. The summed E-state index contributed by atoms with van der Waals surface area (Å²) >= 11 is 4.74. The van der Waals surface area contributed by atoms with Crippen molar-refractivity contribution in [1.82, 2.24) is 20.2 Å². The van der Waals surface area contributed by atoms with E-state index in [9.17, 15) is 14.0 Å². The lowest BCUT2D eigenvalue weighted by atomic mass is 10.1. The van der Waals surface area contributed by atoms with Crippen molar-refractivity contribution in [3.8, 4) is 11.6 Å². The SMILES string of the molecule is CN(C)C.CO/C=C(/C(=O)NC=O)c1ccccc1Oc1[nH]cnc(=S)c1F. The molecule has 8 nitrogen and oxygen atoms in total. The number of halogens is 1. The molecule has 0 atom stereocenters. The van der Waals surface area contributed by atoms with Crippen LogP contribution in [0, 0.1) is 10.5 Å². The minimum atomic E-state index is -0.836. The van der Waals surface area contributed by atoms with E-state index in [1.54, 1.807) is 18.2 Å². The third-order valence-electron chi connectivity index (χ3n) is 2.82. The van der Waals surface area contributed by atoms with Crippen molar-refractivity contribution in [2.75, 3.05) is 28.3 Å². The summed E-state index contributed by atoms with van der Waals surface area (Å²) in [5, 5.41) is 2.01. The van der Waals surface area contributed by atoms with Gasteiger partial charge in [-0.3, -0.25) is 14.9 Å². The fraction of sp³-hybridized carbons (Fsp3) is 0.222. The van der Waals surface area contributed by atoms with Gasteiger partial charge in [0.15, 0.2) is 4.64 Å². The number of nitrogens with one attached hydrogen (secondary N) is 2. The molecule has 0 saturated carbocycles. The standard InChI is InChI=1S/C15H12FN3O4S.C3H9N/c1-22-6-10(13(21)19-8-20)9-4-2-3-5-11(9)23-14-12(16)15(24)18-7-17-14;1-4(2)3/h2-8H,1H3,(H,17,18,24)(H,19,20,21);1-3H3/b10-6+;. The van der Waals surface area contributed by atoms with E-state index in [-0.39, 0.29) is 33.8 Å². The number of carbonyl (C=O) groups excluding carboxylic acids is 2. The smallest absolute Gasteiger partial charge is 0.261 e. The van der Waals surface area contributed by atoms with E-state index in [0.717, 1.165) is 6.26 Å². The van der Waals surface area contributed by atoms with Crippen molar-refractivity contribution < 1.29 is 23.5 Å². The third-order valence-corrected chi connectivity index (χ3v) is 3.11. The van der Waals surface area contributed by atoms with Gasteiger partial charge in [-0.05, 0) is 27.2 Å². The summed E-state index contributed by atoms with van der Waals surface area (Å²) < 4.78 is 24.0. The Morgan fingerprint density at radius 1 is 1.32 bits per heavy atom. The van der Waals surface area contributed by atoms with E-state index in [1.807, 2.05) is 31.4 Å². The predicted molar refractivity (Wildman–Crippen MR) is 105 cm³/mol. The fourth-order valence-corrected chi connectivity index (χ4v) is 1.96. The van der Waals surface area contributed by atoms with Crippen molar-refractivity contribution in [3.05, 3.63) is 52.9 Å². The molecule has 1 aromatic heterocycles. The highest BCUT2D eigenvalue weighted by Crippen LogP contribution is 2.30. The zero-order valence-electron chi connectivity index (χ0n) is 15.9. The first-order chi connectivity index (χ1) is 13.3. The van der Waals surface area contributed by atoms with Gasteiger partial charge in [0.2, 0.25) is 18.1 Å². The molecule has 0 aliphatic rings. The molecule has 2 N–H and O–H groups in total. The van der Waals surface area contributed by atoms with E-state index in [4.69, 9.17) is 21.7 Å². The van der Waals surface area contributed by atoms with Crippen LogP contribution in [0.5, 0.6) is 11.6 Å². The maximum Gasteiger partial charge on any atom is 0.261 e. The number of methoxy groups -OCH3 is 1. The van der Waals surface area contributed by atoms with Crippen molar-refractivity contribution in [2.45, 2.75) is 0 Å². The molecular weight excluding hydrogens is 387 g/mol. The number of rotatable bonds is 6.